The van der Waals surface area contributed by atoms with E-state index >= 15 is 0 Å². The first kappa shape index (κ1) is 17.7. The van der Waals surface area contributed by atoms with E-state index in [1.807, 2.05) is 10.3 Å². The number of hydrogen-bond acceptors (Lipinski definition) is 7. The number of nitrogens with zero attached hydrogens (tertiary/aromatic N) is 3. The van der Waals surface area contributed by atoms with Gasteiger partial charge in [0.1, 0.15) is 5.82 Å². The number of pyridine rings is 1. The Morgan fingerprint density at radius 1 is 1.31 bits per heavy atom. The zero-order valence-corrected chi connectivity index (χ0v) is 15.7. The van der Waals surface area contributed by atoms with Crippen LogP contribution >= 0.6 is 22.9 Å². The maximum absolute atomic E-state index is 12.5. The minimum Gasteiger partial charge on any atom is -0.347 e. The highest BCUT2D eigenvalue weighted by Crippen LogP contribution is 2.31. The second-order valence-electron chi connectivity index (χ2n) is 6.30. The molecule has 2 aliphatic rings. The van der Waals surface area contributed by atoms with Gasteiger partial charge in [0.25, 0.3) is 0 Å². The fraction of sp³-hybridized carbons (Fsp3) is 0.471. The van der Waals surface area contributed by atoms with Gasteiger partial charge in [-0.1, -0.05) is 11.6 Å². The number of amides is 1. The van der Waals surface area contributed by atoms with Gasteiger partial charge in [0, 0.05) is 37.5 Å². The van der Waals surface area contributed by atoms with E-state index < -0.39 is 5.79 Å². The van der Waals surface area contributed by atoms with Crippen LogP contribution in [0.3, 0.4) is 0 Å². The highest BCUT2D eigenvalue weighted by molar-refractivity contribution is 7.13. The van der Waals surface area contributed by atoms with Crippen molar-refractivity contribution in [2.24, 2.45) is 0 Å². The van der Waals surface area contributed by atoms with Gasteiger partial charge in [-0.2, -0.15) is 0 Å². The number of thiazole rings is 1. The van der Waals surface area contributed by atoms with Gasteiger partial charge in [-0.15, -0.1) is 11.3 Å². The number of carbonyl (C=O) groups is 1. The third-order valence-corrected chi connectivity index (χ3v) is 5.57. The smallest absolute Gasteiger partial charge is 0.228 e. The predicted molar refractivity (Wildman–Crippen MR) is 98.8 cm³/mol. The molecule has 0 aromatic carbocycles. The van der Waals surface area contributed by atoms with E-state index in [-0.39, 0.29) is 5.91 Å². The van der Waals surface area contributed by atoms with E-state index in [1.165, 1.54) is 11.3 Å². The Morgan fingerprint density at radius 3 is 2.77 bits per heavy atom. The van der Waals surface area contributed by atoms with E-state index in [1.54, 1.807) is 18.3 Å². The lowest BCUT2D eigenvalue weighted by Crippen LogP contribution is -2.47. The van der Waals surface area contributed by atoms with Gasteiger partial charge in [-0.3, -0.25) is 4.79 Å². The zero-order valence-electron chi connectivity index (χ0n) is 14.1. The zero-order chi connectivity index (χ0) is 18.0. The highest BCUT2D eigenvalue weighted by Gasteiger charge is 2.40. The SMILES string of the molecule is O=C(Cc1csc(Nc2ccc(Cl)cn2)n1)N1CCC2(CC1)OCCO2. The van der Waals surface area contributed by atoms with Gasteiger partial charge >= 0.3 is 0 Å². The van der Waals surface area contributed by atoms with Gasteiger partial charge in [-0.05, 0) is 12.1 Å². The van der Waals surface area contributed by atoms with E-state index in [0.717, 1.165) is 18.5 Å². The standard InChI is InChI=1S/C17H19ClN4O3S/c18-12-1-2-14(19-10-12)21-16-20-13(11-26-16)9-15(23)22-5-3-17(4-6-22)24-7-8-25-17/h1-2,10-11H,3-9H2,(H,19,20,21). The molecule has 1 N–H and O–H groups in total. The van der Waals surface area contributed by atoms with Gasteiger partial charge in [-0.25, -0.2) is 9.97 Å². The van der Waals surface area contributed by atoms with Crippen LogP contribution in [0.1, 0.15) is 18.5 Å². The summed E-state index contributed by atoms with van der Waals surface area (Å²) < 4.78 is 11.4. The Labute approximate surface area is 160 Å². The van der Waals surface area contributed by atoms with Crippen LogP contribution in [0.2, 0.25) is 5.02 Å². The van der Waals surface area contributed by atoms with Crippen LogP contribution in [0.5, 0.6) is 0 Å². The maximum Gasteiger partial charge on any atom is 0.228 e. The number of rotatable bonds is 4. The Balaban J connectivity index is 1.31. The second-order valence-corrected chi connectivity index (χ2v) is 7.59. The lowest BCUT2D eigenvalue weighted by molar-refractivity contribution is -0.187. The molecule has 0 unspecified atom stereocenters. The first-order chi connectivity index (χ1) is 12.6. The Hall–Kier alpha value is -1.74. The second kappa shape index (κ2) is 7.48. The maximum atomic E-state index is 12.5. The average Bonchev–Trinajstić information content (AvgIpc) is 3.28. The van der Waals surface area contributed by atoms with Crippen LogP contribution in [-0.2, 0) is 20.7 Å². The summed E-state index contributed by atoms with van der Waals surface area (Å²) in [4.78, 5) is 23.0. The third-order valence-electron chi connectivity index (χ3n) is 4.54. The molecule has 1 spiro atoms. The summed E-state index contributed by atoms with van der Waals surface area (Å²) >= 11 is 7.27. The van der Waals surface area contributed by atoms with E-state index in [2.05, 4.69) is 15.3 Å². The molecule has 9 heteroatoms. The number of nitrogens with one attached hydrogen (secondary N) is 1. The topological polar surface area (TPSA) is 76.6 Å². The fourth-order valence-electron chi connectivity index (χ4n) is 3.15. The first-order valence-electron chi connectivity index (χ1n) is 8.51. The van der Waals surface area contributed by atoms with Crippen molar-refractivity contribution in [3.05, 3.63) is 34.4 Å². The molecule has 2 saturated heterocycles. The molecule has 26 heavy (non-hydrogen) atoms. The molecule has 2 aromatic rings. The Morgan fingerprint density at radius 2 is 2.08 bits per heavy atom. The normalized spacial score (nSPS) is 19.0. The van der Waals surface area contributed by atoms with Gasteiger partial charge in [0.15, 0.2) is 10.9 Å². The predicted octanol–water partition coefficient (Wildman–Crippen LogP) is 2.84. The minimum absolute atomic E-state index is 0.0827. The van der Waals surface area contributed by atoms with Crippen molar-refractivity contribution in [3.63, 3.8) is 0 Å². The van der Waals surface area contributed by atoms with Crippen LogP contribution in [0.4, 0.5) is 10.9 Å². The van der Waals surface area contributed by atoms with E-state index in [4.69, 9.17) is 21.1 Å². The van der Waals surface area contributed by atoms with Crippen LogP contribution in [0.25, 0.3) is 0 Å². The highest BCUT2D eigenvalue weighted by atomic mass is 35.5. The molecule has 2 fully saturated rings. The quantitative estimate of drug-likeness (QED) is 0.859. The molecule has 0 saturated carbocycles. The summed E-state index contributed by atoms with van der Waals surface area (Å²) in [5, 5.41) is 6.29. The molecule has 4 heterocycles. The third kappa shape index (κ3) is 3.98. The average molecular weight is 395 g/mol. The van der Waals surface area contributed by atoms with Gasteiger partial charge < -0.3 is 19.7 Å². The Kier molecular flexibility index (Phi) is 5.08. The molecule has 2 aromatic heterocycles. The van der Waals surface area contributed by atoms with E-state index in [0.29, 0.717) is 48.7 Å². The molecule has 7 nitrogen and oxygen atoms in total. The van der Waals surface area contributed by atoms with Crippen LogP contribution < -0.4 is 5.32 Å². The minimum atomic E-state index is -0.458. The number of halogens is 1. The number of aromatic nitrogens is 2. The first-order valence-corrected chi connectivity index (χ1v) is 9.76. The summed E-state index contributed by atoms with van der Waals surface area (Å²) in [6.07, 6.45) is 3.32. The van der Waals surface area contributed by atoms with Crippen molar-refractivity contribution < 1.29 is 14.3 Å². The monoisotopic (exact) mass is 394 g/mol. The van der Waals surface area contributed by atoms with Crippen molar-refractivity contribution in [3.8, 4) is 0 Å². The van der Waals surface area contributed by atoms with Crippen LogP contribution in [0.15, 0.2) is 23.7 Å². The Bertz CT molecular complexity index is 767. The summed E-state index contributed by atoms with van der Waals surface area (Å²) in [6.45, 7) is 2.60. The number of carbonyl (C=O) groups excluding carboxylic acids is 1. The summed E-state index contributed by atoms with van der Waals surface area (Å²) in [6, 6.07) is 3.54. The lowest BCUT2D eigenvalue weighted by Gasteiger charge is -2.37. The fourth-order valence-corrected chi connectivity index (χ4v) is 3.98. The molecule has 1 amide bonds. The van der Waals surface area contributed by atoms with Crippen LogP contribution in [-0.4, -0.2) is 52.9 Å². The molecular weight excluding hydrogens is 376 g/mol. The van der Waals surface area contributed by atoms with Gasteiger partial charge in [0.2, 0.25) is 5.91 Å². The molecule has 4 rings (SSSR count). The molecule has 138 valence electrons. The van der Waals surface area contributed by atoms with Crippen molar-refractivity contribution in [2.75, 3.05) is 31.6 Å². The molecule has 0 aliphatic carbocycles. The molecule has 0 bridgehead atoms. The largest absolute Gasteiger partial charge is 0.347 e. The molecular formula is C17H19ClN4O3S. The van der Waals surface area contributed by atoms with Crippen molar-refractivity contribution in [1.29, 1.82) is 0 Å². The summed E-state index contributed by atoms with van der Waals surface area (Å²) in [5.41, 5.74) is 0.755. The molecule has 0 radical (unpaired) electrons. The van der Waals surface area contributed by atoms with Crippen molar-refractivity contribution in [1.82, 2.24) is 14.9 Å². The number of ether oxygens (including phenoxy) is 2. The van der Waals surface area contributed by atoms with E-state index in [9.17, 15) is 4.79 Å². The lowest BCUT2D eigenvalue weighted by atomic mass is 10.0. The number of likely N-dealkylation sites (tertiary alicyclic amines) is 1. The molecule has 2 aliphatic heterocycles. The molecule has 0 atom stereocenters. The van der Waals surface area contributed by atoms with Gasteiger partial charge in [0.05, 0.1) is 30.4 Å². The van der Waals surface area contributed by atoms with Crippen molar-refractivity contribution >= 4 is 39.8 Å². The van der Waals surface area contributed by atoms with Crippen LogP contribution in [0, 0.1) is 0 Å². The number of anilines is 2. The number of piperidine rings is 1. The van der Waals surface area contributed by atoms with Crippen molar-refractivity contribution in [2.45, 2.75) is 25.0 Å². The number of hydrogen-bond donors (Lipinski definition) is 1. The summed E-state index contributed by atoms with van der Waals surface area (Å²) in [5.74, 6) is 0.291. The summed E-state index contributed by atoms with van der Waals surface area (Å²) in [7, 11) is 0.